The molecule has 132 valence electrons. The van der Waals surface area contributed by atoms with E-state index in [-0.39, 0.29) is 25.0 Å². The van der Waals surface area contributed by atoms with E-state index in [1.54, 1.807) is 23.1 Å². The number of fused-ring (bicyclic) bond motifs is 2. The minimum atomic E-state index is -0.292. The van der Waals surface area contributed by atoms with Crippen molar-refractivity contribution in [3.63, 3.8) is 0 Å². The Labute approximate surface area is 151 Å². The molecule has 0 aromatic heterocycles. The Hall–Kier alpha value is -3.15. The number of hydrogen-bond donors (Lipinski definition) is 0. The predicted molar refractivity (Wildman–Crippen MR) is 96.8 cm³/mol. The first-order valence-corrected chi connectivity index (χ1v) is 8.58. The highest BCUT2D eigenvalue weighted by Crippen LogP contribution is 2.33. The molecule has 2 aliphatic rings. The molecule has 2 heterocycles. The minimum absolute atomic E-state index is 0.0775. The molecule has 6 heteroatoms. The molecule has 0 radical (unpaired) electrons. The molecule has 4 rings (SSSR count). The fourth-order valence-corrected chi connectivity index (χ4v) is 3.48. The molecular formula is C20H18N2O4. The predicted octanol–water partition coefficient (Wildman–Crippen LogP) is 2.20. The summed E-state index contributed by atoms with van der Waals surface area (Å²) in [6, 6.07) is 12.7. The lowest BCUT2D eigenvalue weighted by molar-refractivity contribution is -0.124. The van der Waals surface area contributed by atoms with Crippen LogP contribution in [0, 0.1) is 0 Å². The maximum Gasteiger partial charge on any atom is 0.265 e. The molecule has 2 aliphatic heterocycles. The average molecular weight is 350 g/mol. The Balaban J connectivity index is 1.63. The highest BCUT2D eigenvalue weighted by molar-refractivity contribution is 6.06. The van der Waals surface area contributed by atoms with E-state index in [9.17, 15) is 14.4 Å². The van der Waals surface area contributed by atoms with Gasteiger partial charge in [-0.3, -0.25) is 19.3 Å². The van der Waals surface area contributed by atoms with Gasteiger partial charge in [0.15, 0.2) is 6.61 Å². The van der Waals surface area contributed by atoms with Gasteiger partial charge in [-0.25, -0.2) is 0 Å². The van der Waals surface area contributed by atoms with E-state index in [0.717, 1.165) is 24.1 Å². The van der Waals surface area contributed by atoms with Crippen LogP contribution in [0.25, 0.3) is 0 Å². The van der Waals surface area contributed by atoms with Crippen molar-refractivity contribution in [3.8, 4) is 5.75 Å². The van der Waals surface area contributed by atoms with Crippen molar-refractivity contribution < 1.29 is 19.1 Å². The Morgan fingerprint density at radius 2 is 2.00 bits per heavy atom. The third-order valence-electron chi connectivity index (χ3n) is 4.77. The van der Waals surface area contributed by atoms with Gasteiger partial charge in [-0.05, 0) is 42.7 Å². The smallest absolute Gasteiger partial charge is 0.265 e. The summed E-state index contributed by atoms with van der Waals surface area (Å²) in [4.78, 5) is 39.5. The van der Waals surface area contributed by atoms with Crippen LogP contribution < -0.4 is 14.5 Å². The molecule has 2 amide bonds. The van der Waals surface area contributed by atoms with Crippen LogP contribution in [0.15, 0.2) is 42.5 Å². The van der Waals surface area contributed by atoms with Gasteiger partial charge in [0, 0.05) is 17.8 Å². The first-order chi connectivity index (χ1) is 12.7. The molecule has 0 atom stereocenters. The van der Waals surface area contributed by atoms with Crippen LogP contribution >= 0.6 is 0 Å². The SMILES string of the molecule is O=Cc1ccc2c(c1)N(CC(=O)N1CCCc3ccccc31)C(=O)CO2. The Kier molecular flexibility index (Phi) is 4.16. The summed E-state index contributed by atoms with van der Waals surface area (Å²) in [6.07, 6.45) is 2.55. The van der Waals surface area contributed by atoms with Crippen molar-refractivity contribution >= 4 is 29.5 Å². The maximum atomic E-state index is 13.0. The zero-order valence-electron chi connectivity index (χ0n) is 14.2. The molecule has 0 aliphatic carbocycles. The largest absolute Gasteiger partial charge is 0.482 e. The van der Waals surface area contributed by atoms with Crippen LogP contribution in [-0.4, -0.2) is 37.8 Å². The molecular weight excluding hydrogens is 332 g/mol. The van der Waals surface area contributed by atoms with Crippen molar-refractivity contribution in [1.82, 2.24) is 0 Å². The number of ether oxygens (including phenoxy) is 1. The number of aryl methyl sites for hydroxylation is 1. The minimum Gasteiger partial charge on any atom is -0.482 e. The number of benzene rings is 2. The summed E-state index contributed by atoms with van der Waals surface area (Å²) < 4.78 is 5.42. The average Bonchev–Trinajstić information content (AvgIpc) is 2.69. The van der Waals surface area contributed by atoms with E-state index in [1.165, 1.54) is 4.90 Å². The van der Waals surface area contributed by atoms with Gasteiger partial charge >= 0.3 is 0 Å². The number of para-hydroxylation sites is 1. The fraction of sp³-hybridized carbons (Fsp3) is 0.250. The van der Waals surface area contributed by atoms with Crippen LogP contribution in [0.1, 0.15) is 22.3 Å². The van der Waals surface area contributed by atoms with Crippen molar-refractivity contribution in [2.75, 3.05) is 29.5 Å². The zero-order chi connectivity index (χ0) is 18.1. The molecule has 0 N–H and O–H groups in total. The summed E-state index contributed by atoms with van der Waals surface area (Å²) in [5.41, 5.74) is 2.95. The first kappa shape index (κ1) is 16.3. The van der Waals surface area contributed by atoms with Gasteiger partial charge < -0.3 is 9.64 Å². The number of nitrogens with zero attached hydrogens (tertiary/aromatic N) is 2. The number of anilines is 2. The highest BCUT2D eigenvalue weighted by atomic mass is 16.5. The standard InChI is InChI=1S/C20H18N2O4/c23-12-14-7-8-18-17(10-14)22(20(25)13-26-18)11-19(24)21-9-3-5-15-4-1-2-6-16(15)21/h1-2,4,6-8,10,12H,3,5,9,11,13H2. The Morgan fingerprint density at radius 3 is 2.85 bits per heavy atom. The lowest BCUT2D eigenvalue weighted by Crippen LogP contribution is -2.47. The fourth-order valence-electron chi connectivity index (χ4n) is 3.48. The highest BCUT2D eigenvalue weighted by Gasteiger charge is 2.30. The monoisotopic (exact) mass is 350 g/mol. The van der Waals surface area contributed by atoms with Crippen molar-refractivity contribution in [1.29, 1.82) is 0 Å². The molecule has 26 heavy (non-hydrogen) atoms. The number of hydrogen-bond acceptors (Lipinski definition) is 4. The third-order valence-corrected chi connectivity index (χ3v) is 4.77. The molecule has 0 unspecified atom stereocenters. The zero-order valence-corrected chi connectivity index (χ0v) is 14.2. The second-order valence-corrected chi connectivity index (χ2v) is 6.39. The molecule has 0 saturated carbocycles. The van der Waals surface area contributed by atoms with Crippen molar-refractivity contribution in [3.05, 3.63) is 53.6 Å². The molecule has 6 nitrogen and oxygen atoms in total. The molecule has 2 aromatic carbocycles. The summed E-state index contributed by atoms with van der Waals surface area (Å²) in [6.45, 7) is 0.443. The number of carbonyl (C=O) groups excluding carboxylic acids is 3. The van der Waals surface area contributed by atoms with Gasteiger partial charge in [0.25, 0.3) is 5.91 Å². The Bertz CT molecular complexity index is 893. The van der Waals surface area contributed by atoms with Crippen LogP contribution in [0.5, 0.6) is 5.75 Å². The van der Waals surface area contributed by atoms with Crippen molar-refractivity contribution in [2.24, 2.45) is 0 Å². The first-order valence-electron chi connectivity index (χ1n) is 8.58. The lowest BCUT2D eigenvalue weighted by atomic mass is 10.0. The Morgan fingerprint density at radius 1 is 1.15 bits per heavy atom. The van der Waals surface area contributed by atoms with Crippen LogP contribution in [0.3, 0.4) is 0 Å². The summed E-state index contributed by atoms with van der Waals surface area (Å²) in [5.74, 6) is 0.0658. The quantitative estimate of drug-likeness (QED) is 0.796. The van der Waals surface area contributed by atoms with Gasteiger partial charge in [0.1, 0.15) is 18.6 Å². The van der Waals surface area contributed by atoms with E-state index in [2.05, 4.69) is 0 Å². The van der Waals surface area contributed by atoms with Crippen LogP contribution in [-0.2, 0) is 16.0 Å². The molecule has 2 aromatic rings. The summed E-state index contributed by atoms with van der Waals surface area (Å²) >= 11 is 0. The maximum absolute atomic E-state index is 13.0. The van der Waals surface area contributed by atoms with Gasteiger partial charge in [-0.15, -0.1) is 0 Å². The van der Waals surface area contributed by atoms with E-state index < -0.39 is 0 Å². The third kappa shape index (κ3) is 2.83. The second-order valence-electron chi connectivity index (χ2n) is 6.39. The van der Waals surface area contributed by atoms with E-state index in [1.807, 2.05) is 24.3 Å². The summed E-state index contributed by atoms with van der Waals surface area (Å²) in [5, 5.41) is 0. The number of amides is 2. The topological polar surface area (TPSA) is 66.9 Å². The van der Waals surface area contributed by atoms with E-state index in [0.29, 0.717) is 29.8 Å². The molecule has 0 bridgehead atoms. The molecule has 0 spiro atoms. The number of carbonyl (C=O) groups is 3. The van der Waals surface area contributed by atoms with E-state index in [4.69, 9.17) is 4.74 Å². The van der Waals surface area contributed by atoms with Gasteiger partial charge in [0.2, 0.25) is 5.91 Å². The number of rotatable bonds is 3. The second kappa shape index (κ2) is 6.63. The number of aldehydes is 1. The normalized spacial score (nSPS) is 15.8. The van der Waals surface area contributed by atoms with Crippen LogP contribution in [0.4, 0.5) is 11.4 Å². The van der Waals surface area contributed by atoms with Gasteiger partial charge in [-0.2, -0.15) is 0 Å². The molecule has 0 fully saturated rings. The van der Waals surface area contributed by atoms with Crippen molar-refractivity contribution in [2.45, 2.75) is 12.8 Å². The molecule has 0 saturated heterocycles. The summed E-state index contributed by atoms with van der Waals surface area (Å²) in [7, 11) is 0. The van der Waals surface area contributed by atoms with E-state index >= 15 is 0 Å². The van der Waals surface area contributed by atoms with Gasteiger partial charge in [-0.1, -0.05) is 18.2 Å². The van der Waals surface area contributed by atoms with Gasteiger partial charge in [0.05, 0.1) is 5.69 Å². The van der Waals surface area contributed by atoms with Crippen LogP contribution in [0.2, 0.25) is 0 Å². The lowest BCUT2D eigenvalue weighted by Gasteiger charge is -2.33.